The maximum absolute atomic E-state index is 12.8. The highest BCUT2D eigenvalue weighted by Gasteiger charge is 2.23. The van der Waals surface area contributed by atoms with Gasteiger partial charge in [-0.1, -0.05) is 12.1 Å². The summed E-state index contributed by atoms with van der Waals surface area (Å²) >= 11 is 0. The average molecular weight is 408 g/mol. The van der Waals surface area contributed by atoms with Gasteiger partial charge >= 0.3 is 6.16 Å². The largest absolute Gasteiger partial charge is 0.516 e. The van der Waals surface area contributed by atoms with Crippen molar-refractivity contribution in [2.75, 3.05) is 6.61 Å². The van der Waals surface area contributed by atoms with Gasteiger partial charge in [-0.05, 0) is 48.2 Å². The summed E-state index contributed by atoms with van der Waals surface area (Å²) in [7, 11) is 0. The predicted octanol–water partition coefficient (Wildman–Crippen LogP) is 4.25. The van der Waals surface area contributed by atoms with Gasteiger partial charge in [0.25, 0.3) is 5.95 Å². The van der Waals surface area contributed by atoms with Crippen LogP contribution in [-0.2, 0) is 24.2 Å². The third-order valence-electron chi connectivity index (χ3n) is 4.86. The molecule has 4 rings (SSSR count). The first-order valence-corrected chi connectivity index (χ1v) is 9.51. The average Bonchev–Trinajstić information content (AvgIpc) is 2.88. The van der Waals surface area contributed by atoms with Gasteiger partial charge < -0.3 is 23.7 Å². The molecule has 2 heterocycles. The summed E-state index contributed by atoms with van der Waals surface area (Å²) in [5, 5.41) is 10.1. The minimum atomic E-state index is -0.952. The summed E-state index contributed by atoms with van der Waals surface area (Å²) < 4.78 is 21.6. The second kappa shape index (κ2) is 7.94. The molecule has 1 aromatic heterocycles. The molecule has 1 aliphatic rings. The van der Waals surface area contributed by atoms with E-state index in [2.05, 4.69) is 6.58 Å². The Hall–Kier alpha value is -3.74. The van der Waals surface area contributed by atoms with E-state index >= 15 is 0 Å². The molecule has 0 bridgehead atoms. The third kappa shape index (κ3) is 3.61. The summed E-state index contributed by atoms with van der Waals surface area (Å²) in [6.07, 6.45) is 1.64. The maximum atomic E-state index is 12.8. The quantitative estimate of drug-likeness (QED) is 0.509. The highest BCUT2D eigenvalue weighted by Crippen LogP contribution is 2.38. The lowest BCUT2D eigenvalue weighted by Crippen LogP contribution is -2.12. The minimum Gasteiger partial charge on any atom is -0.508 e. The molecule has 1 N–H and O–H groups in total. The van der Waals surface area contributed by atoms with Crippen molar-refractivity contribution in [1.29, 1.82) is 0 Å². The van der Waals surface area contributed by atoms with Gasteiger partial charge in [0.05, 0.1) is 18.1 Å². The molecule has 0 saturated heterocycles. The Kier molecular flexibility index (Phi) is 5.18. The van der Waals surface area contributed by atoms with Crippen LogP contribution in [0.15, 0.2) is 52.2 Å². The zero-order valence-corrected chi connectivity index (χ0v) is 16.4. The van der Waals surface area contributed by atoms with Crippen LogP contribution in [0.25, 0.3) is 11.0 Å². The van der Waals surface area contributed by atoms with Crippen molar-refractivity contribution in [2.45, 2.75) is 26.4 Å². The molecule has 1 aliphatic heterocycles. The smallest absolute Gasteiger partial charge is 0.508 e. The van der Waals surface area contributed by atoms with Crippen molar-refractivity contribution in [1.82, 2.24) is 0 Å². The number of benzene rings is 2. The van der Waals surface area contributed by atoms with E-state index in [1.54, 1.807) is 31.2 Å². The number of aromatic hydroxyl groups is 1. The number of phenolic OH excluding ortho intramolecular Hbond substituents is 1. The van der Waals surface area contributed by atoms with Crippen LogP contribution in [0.4, 0.5) is 4.79 Å². The van der Waals surface area contributed by atoms with Crippen LogP contribution in [-0.4, -0.2) is 17.9 Å². The van der Waals surface area contributed by atoms with E-state index in [0.29, 0.717) is 29.5 Å². The fraction of sp³-hybridized carbons (Fsp3) is 0.217. The van der Waals surface area contributed by atoms with Crippen molar-refractivity contribution in [2.24, 2.45) is 0 Å². The molecule has 0 spiro atoms. The van der Waals surface area contributed by atoms with Crippen molar-refractivity contribution in [3.05, 3.63) is 75.5 Å². The van der Waals surface area contributed by atoms with Crippen molar-refractivity contribution < 1.29 is 28.5 Å². The van der Waals surface area contributed by atoms with Gasteiger partial charge in [-0.2, -0.15) is 0 Å². The number of rotatable bonds is 4. The number of carbonyl (C=O) groups is 1. The Bertz CT molecular complexity index is 1210. The number of allylic oxidation sites excluding steroid dienone is 1. The predicted molar refractivity (Wildman–Crippen MR) is 109 cm³/mol. The van der Waals surface area contributed by atoms with Crippen LogP contribution in [0.3, 0.4) is 0 Å². The molecule has 7 nitrogen and oxygen atoms in total. The number of hydrogen-bond donors (Lipinski definition) is 1. The van der Waals surface area contributed by atoms with Crippen LogP contribution >= 0.6 is 0 Å². The number of hydrogen-bond acceptors (Lipinski definition) is 7. The van der Waals surface area contributed by atoms with Crippen molar-refractivity contribution >= 4 is 17.1 Å². The van der Waals surface area contributed by atoms with Gasteiger partial charge in [-0.25, -0.2) is 4.79 Å². The molecule has 0 unspecified atom stereocenters. The van der Waals surface area contributed by atoms with E-state index < -0.39 is 6.16 Å². The molecule has 0 amide bonds. The molecular formula is C23H20O7. The Morgan fingerprint density at radius 3 is 2.83 bits per heavy atom. The maximum Gasteiger partial charge on any atom is 0.516 e. The van der Waals surface area contributed by atoms with Crippen LogP contribution < -0.4 is 14.9 Å². The number of carbonyl (C=O) groups excluding carboxylic acids is 1. The van der Waals surface area contributed by atoms with E-state index in [9.17, 15) is 14.7 Å². The summed E-state index contributed by atoms with van der Waals surface area (Å²) in [6, 6.07) is 8.00. The topological polar surface area (TPSA) is 95.2 Å². The van der Waals surface area contributed by atoms with E-state index in [0.717, 1.165) is 22.8 Å². The molecular weight excluding hydrogens is 388 g/mol. The molecule has 154 valence electrons. The lowest BCUT2D eigenvalue weighted by Gasteiger charge is -2.15. The van der Waals surface area contributed by atoms with E-state index in [4.69, 9.17) is 18.6 Å². The molecule has 0 saturated carbocycles. The summed E-state index contributed by atoms with van der Waals surface area (Å²) in [4.78, 5) is 24.4. The molecule has 3 aromatic rings. The molecule has 0 atom stereocenters. The van der Waals surface area contributed by atoms with Gasteiger partial charge in [-0.15, -0.1) is 6.58 Å². The first kappa shape index (κ1) is 19.6. The number of fused-ring (bicyclic) bond motifs is 3. The van der Waals surface area contributed by atoms with Crippen molar-refractivity contribution in [3.8, 4) is 17.4 Å². The standard InChI is InChI=1S/C23H20O7/c1-3-5-17-21-14(8-13-6-7-16(24)9-15(13)12-28-21)10-18-19(25)11-20(29-22(17)18)30-23(26)27-4-2/h3,6-7,9-11,24H,1,4-5,8,12H2,2H3. The first-order chi connectivity index (χ1) is 14.5. The molecule has 0 aliphatic carbocycles. The molecule has 7 heteroatoms. The molecule has 0 fully saturated rings. The molecule has 30 heavy (non-hydrogen) atoms. The zero-order valence-electron chi connectivity index (χ0n) is 16.4. The fourth-order valence-electron chi connectivity index (χ4n) is 3.57. The highest BCUT2D eigenvalue weighted by molar-refractivity contribution is 5.85. The van der Waals surface area contributed by atoms with Gasteiger partial charge in [0.15, 0.2) is 5.43 Å². The SMILES string of the molecule is C=CCc1c2c(cc3c(=O)cc(OC(=O)OCC)oc13)Cc1ccc(O)cc1CO2. The Morgan fingerprint density at radius 1 is 1.23 bits per heavy atom. The van der Waals surface area contributed by atoms with E-state index in [1.165, 1.54) is 0 Å². The monoisotopic (exact) mass is 408 g/mol. The lowest BCUT2D eigenvalue weighted by atomic mass is 9.96. The van der Waals surface area contributed by atoms with E-state index in [1.807, 2.05) is 6.07 Å². The van der Waals surface area contributed by atoms with Gasteiger partial charge in [0, 0.05) is 12.0 Å². The summed E-state index contributed by atoms with van der Waals surface area (Å²) in [6.45, 7) is 5.83. The van der Waals surface area contributed by atoms with Gasteiger partial charge in [0.1, 0.15) is 23.7 Å². The summed E-state index contributed by atoms with van der Waals surface area (Å²) in [5.41, 5.74) is 3.26. The summed E-state index contributed by atoms with van der Waals surface area (Å²) in [5.74, 6) is 0.505. The van der Waals surface area contributed by atoms with Crippen molar-refractivity contribution in [3.63, 3.8) is 0 Å². The normalized spacial score (nSPS) is 12.3. The fourth-order valence-corrected chi connectivity index (χ4v) is 3.57. The molecule has 0 radical (unpaired) electrons. The highest BCUT2D eigenvalue weighted by atomic mass is 16.8. The first-order valence-electron chi connectivity index (χ1n) is 9.51. The van der Waals surface area contributed by atoms with Crippen LogP contribution in [0.5, 0.6) is 17.4 Å². The molecule has 2 aromatic carbocycles. The zero-order chi connectivity index (χ0) is 21.3. The number of phenols is 1. The lowest BCUT2D eigenvalue weighted by molar-refractivity contribution is 0.0951. The minimum absolute atomic E-state index is 0.135. The van der Waals surface area contributed by atoms with Gasteiger partial charge in [-0.3, -0.25) is 4.79 Å². The van der Waals surface area contributed by atoms with Crippen LogP contribution in [0.2, 0.25) is 0 Å². The van der Waals surface area contributed by atoms with Crippen LogP contribution in [0.1, 0.15) is 29.2 Å². The Labute approximate surface area is 172 Å². The van der Waals surface area contributed by atoms with Crippen LogP contribution in [0, 0.1) is 0 Å². The Morgan fingerprint density at radius 2 is 2.07 bits per heavy atom. The second-order valence-corrected chi connectivity index (χ2v) is 6.85. The number of ether oxygens (including phenoxy) is 3. The van der Waals surface area contributed by atoms with E-state index in [-0.39, 0.29) is 35.9 Å². The second-order valence-electron chi connectivity index (χ2n) is 6.85. The Balaban J connectivity index is 1.87. The van der Waals surface area contributed by atoms with Gasteiger partial charge in [0.2, 0.25) is 0 Å². The third-order valence-corrected chi connectivity index (χ3v) is 4.86.